The molecule has 1 aliphatic rings. The van der Waals surface area contributed by atoms with Crippen molar-refractivity contribution in [1.82, 2.24) is 4.98 Å². The number of aromatic nitrogens is 1. The van der Waals surface area contributed by atoms with Crippen LogP contribution < -0.4 is 5.73 Å². The fraction of sp³-hybridized carbons (Fsp3) is 0.357. The first-order valence-corrected chi connectivity index (χ1v) is 6.97. The van der Waals surface area contributed by atoms with Crippen LogP contribution in [0.2, 0.25) is 0 Å². The lowest BCUT2D eigenvalue weighted by Gasteiger charge is -2.23. The highest BCUT2D eigenvalue weighted by Gasteiger charge is 2.37. The van der Waals surface area contributed by atoms with Gasteiger partial charge in [-0.1, -0.05) is 6.07 Å². The van der Waals surface area contributed by atoms with Gasteiger partial charge in [0.05, 0.1) is 16.3 Å². The number of benzene rings is 1. The summed E-state index contributed by atoms with van der Waals surface area (Å²) >= 11 is 1.63. The van der Waals surface area contributed by atoms with E-state index < -0.39 is 5.60 Å². The average molecular weight is 260 g/mol. The number of thiazole rings is 1. The molecule has 3 nitrogen and oxygen atoms in total. The van der Waals surface area contributed by atoms with Crippen molar-refractivity contribution in [2.45, 2.75) is 31.8 Å². The van der Waals surface area contributed by atoms with Gasteiger partial charge in [-0.05, 0) is 43.0 Å². The van der Waals surface area contributed by atoms with Crippen molar-refractivity contribution in [2.75, 3.05) is 5.73 Å². The van der Waals surface area contributed by atoms with E-state index in [4.69, 9.17) is 5.73 Å². The first kappa shape index (κ1) is 11.7. The van der Waals surface area contributed by atoms with E-state index in [-0.39, 0.29) is 0 Å². The molecule has 1 atom stereocenters. The third kappa shape index (κ3) is 1.91. The Bertz CT molecular complexity index is 593. The highest BCUT2D eigenvalue weighted by molar-refractivity contribution is 7.09. The highest BCUT2D eigenvalue weighted by atomic mass is 32.1. The van der Waals surface area contributed by atoms with Crippen LogP contribution in [0.15, 0.2) is 23.6 Å². The number of anilines is 1. The van der Waals surface area contributed by atoms with Gasteiger partial charge in [0.25, 0.3) is 0 Å². The van der Waals surface area contributed by atoms with E-state index in [2.05, 4.69) is 4.98 Å². The Morgan fingerprint density at radius 3 is 3.06 bits per heavy atom. The summed E-state index contributed by atoms with van der Waals surface area (Å²) < 4.78 is 0. The Hall–Kier alpha value is -1.39. The topological polar surface area (TPSA) is 59.1 Å². The molecule has 1 aromatic carbocycles. The molecule has 0 saturated heterocycles. The number of nitrogens with two attached hydrogens (primary N) is 1. The first-order valence-electron chi connectivity index (χ1n) is 6.09. The maximum Gasteiger partial charge on any atom is 0.0957 e. The normalized spacial score (nSPS) is 22.1. The highest BCUT2D eigenvalue weighted by Crippen LogP contribution is 2.40. The van der Waals surface area contributed by atoms with Crippen LogP contribution in [0.25, 0.3) is 0 Å². The van der Waals surface area contributed by atoms with Crippen LogP contribution in [-0.2, 0) is 18.4 Å². The number of nitrogens with zero attached hydrogens (tertiary/aromatic N) is 1. The van der Waals surface area contributed by atoms with E-state index in [0.717, 1.165) is 34.8 Å². The summed E-state index contributed by atoms with van der Waals surface area (Å²) in [4.78, 5) is 4.44. The van der Waals surface area contributed by atoms with Gasteiger partial charge in [-0.2, -0.15) is 0 Å². The molecular weight excluding hydrogens is 244 g/mol. The fourth-order valence-corrected chi connectivity index (χ4v) is 3.34. The molecule has 3 N–H and O–H groups in total. The Kier molecular flexibility index (Phi) is 2.64. The van der Waals surface area contributed by atoms with E-state index >= 15 is 0 Å². The average Bonchev–Trinajstić information content (AvgIpc) is 2.84. The minimum atomic E-state index is -0.774. The number of hydrogen-bond donors (Lipinski definition) is 2. The molecule has 0 aliphatic heterocycles. The van der Waals surface area contributed by atoms with Crippen LogP contribution in [0.5, 0.6) is 0 Å². The molecule has 1 aromatic heterocycles. The van der Waals surface area contributed by atoms with Crippen molar-refractivity contribution in [2.24, 2.45) is 0 Å². The monoisotopic (exact) mass is 260 g/mol. The third-order valence-corrected chi connectivity index (χ3v) is 4.40. The summed E-state index contributed by atoms with van der Waals surface area (Å²) in [6.07, 6.45) is 2.23. The number of rotatable bonds is 2. The van der Waals surface area contributed by atoms with Gasteiger partial charge in [0.2, 0.25) is 0 Å². The summed E-state index contributed by atoms with van der Waals surface area (Å²) in [7, 11) is 0. The summed E-state index contributed by atoms with van der Waals surface area (Å²) in [5, 5.41) is 13.9. The number of aryl methyl sites for hydroxylation is 2. The van der Waals surface area contributed by atoms with Crippen molar-refractivity contribution in [3.8, 4) is 0 Å². The maximum atomic E-state index is 10.8. The molecule has 0 amide bonds. The number of fused-ring (bicyclic) bond motifs is 1. The van der Waals surface area contributed by atoms with E-state index in [1.165, 1.54) is 5.56 Å². The second kappa shape index (κ2) is 4.07. The van der Waals surface area contributed by atoms with Crippen molar-refractivity contribution in [3.05, 3.63) is 45.4 Å². The third-order valence-electron chi connectivity index (χ3n) is 3.58. The maximum absolute atomic E-state index is 10.8. The van der Waals surface area contributed by atoms with Crippen molar-refractivity contribution < 1.29 is 5.11 Å². The van der Waals surface area contributed by atoms with Crippen LogP contribution in [0.4, 0.5) is 5.69 Å². The molecule has 0 bridgehead atoms. The molecule has 1 aliphatic carbocycles. The molecule has 1 unspecified atom stereocenters. The zero-order chi connectivity index (χ0) is 12.8. The summed E-state index contributed by atoms with van der Waals surface area (Å²) in [5.41, 5.74) is 8.94. The predicted molar refractivity (Wildman–Crippen MR) is 73.6 cm³/mol. The van der Waals surface area contributed by atoms with Gasteiger partial charge in [-0.3, -0.25) is 0 Å². The summed E-state index contributed by atoms with van der Waals surface area (Å²) in [6.45, 7) is 1.99. The van der Waals surface area contributed by atoms with Crippen LogP contribution in [-0.4, -0.2) is 10.1 Å². The van der Waals surface area contributed by atoms with E-state index in [1.807, 2.05) is 30.5 Å². The van der Waals surface area contributed by atoms with Gasteiger partial charge in [0, 0.05) is 17.5 Å². The molecule has 0 radical (unpaired) electrons. The summed E-state index contributed by atoms with van der Waals surface area (Å²) in [5.74, 6) is 0. The predicted octanol–water partition coefficient (Wildman–Crippen LogP) is 2.41. The Morgan fingerprint density at radius 1 is 1.50 bits per heavy atom. The smallest absolute Gasteiger partial charge is 0.0957 e. The molecule has 0 spiro atoms. The Labute approximate surface area is 110 Å². The SMILES string of the molecule is Cc1nc(CC2(O)CCc3cc(N)ccc32)cs1. The standard InChI is InChI=1S/C14H16N2OS/c1-9-16-12(8-18-9)7-14(17)5-4-10-6-11(15)2-3-13(10)14/h2-3,6,8,17H,4-5,7,15H2,1H3. The quantitative estimate of drug-likeness (QED) is 0.815. The molecule has 4 heteroatoms. The lowest BCUT2D eigenvalue weighted by Crippen LogP contribution is -2.25. The fourth-order valence-electron chi connectivity index (χ4n) is 2.72. The van der Waals surface area contributed by atoms with Gasteiger partial charge in [-0.25, -0.2) is 4.98 Å². The van der Waals surface area contributed by atoms with Gasteiger partial charge in [-0.15, -0.1) is 11.3 Å². The van der Waals surface area contributed by atoms with Crippen LogP contribution in [0, 0.1) is 6.92 Å². The van der Waals surface area contributed by atoms with Crippen molar-refractivity contribution in [1.29, 1.82) is 0 Å². The summed E-state index contributed by atoms with van der Waals surface area (Å²) in [6, 6.07) is 5.79. The zero-order valence-corrected chi connectivity index (χ0v) is 11.1. The van der Waals surface area contributed by atoms with Gasteiger partial charge in [0.15, 0.2) is 0 Å². The zero-order valence-electron chi connectivity index (χ0n) is 10.3. The Balaban J connectivity index is 1.94. The minimum Gasteiger partial charge on any atom is -0.399 e. The van der Waals surface area contributed by atoms with Crippen LogP contribution in [0.1, 0.15) is 28.2 Å². The van der Waals surface area contributed by atoms with Crippen LogP contribution in [0.3, 0.4) is 0 Å². The van der Waals surface area contributed by atoms with Gasteiger partial charge < -0.3 is 10.8 Å². The largest absolute Gasteiger partial charge is 0.399 e. The molecule has 18 heavy (non-hydrogen) atoms. The molecule has 94 valence electrons. The molecule has 2 aromatic rings. The van der Waals surface area contributed by atoms with E-state index in [0.29, 0.717) is 6.42 Å². The van der Waals surface area contributed by atoms with Gasteiger partial charge in [0.1, 0.15) is 0 Å². The molecular formula is C14H16N2OS. The molecule has 3 rings (SSSR count). The lowest BCUT2D eigenvalue weighted by atomic mass is 9.91. The van der Waals surface area contributed by atoms with E-state index in [1.54, 1.807) is 11.3 Å². The number of nitrogen functional groups attached to an aromatic ring is 1. The molecule has 0 saturated carbocycles. The van der Waals surface area contributed by atoms with Crippen molar-refractivity contribution in [3.63, 3.8) is 0 Å². The Morgan fingerprint density at radius 2 is 2.33 bits per heavy atom. The minimum absolute atomic E-state index is 0.592. The number of hydrogen-bond acceptors (Lipinski definition) is 4. The van der Waals surface area contributed by atoms with Crippen molar-refractivity contribution >= 4 is 17.0 Å². The van der Waals surface area contributed by atoms with E-state index in [9.17, 15) is 5.11 Å². The molecule has 0 fully saturated rings. The lowest BCUT2D eigenvalue weighted by molar-refractivity contribution is 0.0381. The second-order valence-electron chi connectivity index (χ2n) is 4.98. The van der Waals surface area contributed by atoms with Crippen LogP contribution >= 0.6 is 11.3 Å². The molecule has 1 heterocycles. The first-order chi connectivity index (χ1) is 8.57. The number of aliphatic hydroxyl groups is 1. The van der Waals surface area contributed by atoms with Gasteiger partial charge >= 0.3 is 0 Å². The second-order valence-corrected chi connectivity index (χ2v) is 6.05.